The zero-order valence-electron chi connectivity index (χ0n) is 16.6. The number of halogens is 1. The lowest BCUT2D eigenvalue weighted by Crippen LogP contribution is -2.39. The van der Waals surface area contributed by atoms with Gasteiger partial charge in [0.05, 0.1) is 5.69 Å². The SMILES string of the molecule is NC(=O)[C@@H]1CC(C(=O)Nc2c(-c3ccc(F)cc3)nc3sccn23)=NN1c1ccccc1. The standard InChI is InChI=1S/C22H17FN6O2S/c23-14-8-6-13(7-9-14)18-20(28-10-11-32-22(28)25-18)26-21(31)16-12-17(19(24)30)29(27-16)15-4-2-1-3-5-15/h1-11,17H,12H2,(H2,24,30)(H,26,31)/t17-/m0/s1. The molecule has 3 N–H and O–H groups in total. The maximum atomic E-state index is 13.4. The number of hydrazone groups is 1. The Hall–Kier alpha value is -4.05. The number of nitrogens with one attached hydrogen (secondary N) is 1. The van der Waals surface area contributed by atoms with Gasteiger partial charge in [-0.05, 0) is 36.4 Å². The van der Waals surface area contributed by atoms with Crippen molar-refractivity contribution >= 4 is 45.3 Å². The molecule has 0 aliphatic carbocycles. The maximum Gasteiger partial charge on any atom is 0.273 e. The van der Waals surface area contributed by atoms with E-state index in [0.29, 0.717) is 27.7 Å². The zero-order chi connectivity index (χ0) is 22.2. The molecule has 1 aliphatic heterocycles. The monoisotopic (exact) mass is 448 g/mol. The van der Waals surface area contributed by atoms with Crippen LogP contribution in [0.15, 0.2) is 71.3 Å². The molecule has 3 heterocycles. The normalized spacial score (nSPS) is 15.7. The summed E-state index contributed by atoms with van der Waals surface area (Å²) in [6.07, 6.45) is 1.86. The molecule has 0 radical (unpaired) electrons. The number of thiazole rings is 1. The van der Waals surface area contributed by atoms with Crippen LogP contribution in [0.2, 0.25) is 0 Å². The highest BCUT2D eigenvalue weighted by Crippen LogP contribution is 2.31. The Bertz CT molecular complexity index is 1350. The maximum absolute atomic E-state index is 13.4. The highest BCUT2D eigenvalue weighted by atomic mass is 32.1. The molecule has 160 valence electrons. The summed E-state index contributed by atoms with van der Waals surface area (Å²) in [6.45, 7) is 0. The zero-order valence-corrected chi connectivity index (χ0v) is 17.4. The Kier molecular flexibility index (Phi) is 4.91. The second kappa shape index (κ2) is 7.89. The Morgan fingerprint density at radius 2 is 1.88 bits per heavy atom. The fourth-order valence-corrected chi connectivity index (χ4v) is 4.30. The third-order valence-electron chi connectivity index (χ3n) is 5.13. The molecule has 4 aromatic rings. The number of amides is 2. The smallest absolute Gasteiger partial charge is 0.273 e. The lowest BCUT2D eigenvalue weighted by molar-refractivity contribution is -0.119. The molecule has 0 bridgehead atoms. The molecule has 2 aromatic carbocycles. The van der Waals surface area contributed by atoms with E-state index in [9.17, 15) is 14.0 Å². The third-order valence-corrected chi connectivity index (χ3v) is 5.89. The van der Waals surface area contributed by atoms with Gasteiger partial charge in [0.15, 0.2) is 4.96 Å². The molecule has 32 heavy (non-hydrogen) atoms. The third kappa shape index (κ3) is 3.50. The fourth-order valence-electron chi connectivity index (χ4n) is 3.58. The number of imidazole rings is 1. The predicted octanol–water partition coefficient (Wildman–Crippen LogP) is 3.26. The van der Waals surface area contributed by atoms with Crippen molar-refractivity contribution in [2.24, 2.45) is 10.8 Å². The Morgan fingerprint density at radius 3 is 2.59 bits per heavy atom. The Labute approximate surface area is 185 Å². The van der Waals surface area contributed by atoms with E-state index in [1.54, 1.807) is 34.9 Å². The first-order chi connectivity index (χ1) is 15.5. The number of hydrogen-bond donors (Lipinski definition) is 2. The number of rotatable bonds is 5. The van der Waals surface area contributed by atoms with Crippen molar-refractivity contribution in [2.45, 2.75) is 12.5 Å². The summed E-state index contributed by atoms with van der Waals surface area (Å²) in [5.74, 6) is -0.962. The van der Waals surface area contributed by atoms with Gasteiger partial charge in [-0.2, -0.15) is 5.10 Å². The second-order valence-corrected chi connectivity index (χ2v) is 8.05. The molecule has 0 fully saturated rings. The molecular formula is C22H17FN6O2S. The van der Waals surface area contributed by atoms with Crippen molar-refractivity contribution in [3.05, 3.63) is 72.0 Å². The van der Waals surface area contributed by atoms with E-state index in [0.717, 1.165) is 0 Å². The van der Waals surface area contributed by atoms with Gasteiger partial charge in [-0.25, -0.2) is 9.37 Å². The van der Waals surface area contributed by atoms with Gasteiger partial charge in [-0.3, -0.25) is 19.0 Å². The predicted molar refractivity (Wildman–Crippen MR) is 121 cm³/mol. The van der Waals surface area contributed by atoms with Crippen molar-refractivity contribution in [2.75, 3.05) is 10.3 Å². The molecule has 0 unspecified atom stereocenters. The van der Waals surface area contributed by atoms with Crippen molar-refractivity contribution < 1.29 is 14.0 Å². The minimum absolute atomic E-state index is 0.0769. The van der Waals surface area contributed by atoms with Crippen LogP contribution < -0.4 is 16.1 Å². The largest absolute Gasteiger partial charge is 0.368 e. The number of nitrogens with two attached hydrogens (primary N) is 1. The van der Waals surface area contributed by atoms with Crippen LogP contribution in [0.4, 0.5) is 15.9 Å². The highest BCUT2D eigenvalue weighted by molar-refractivity contribution is 7.15. The van der Waals surface area contributed by atoms with E-state index in [-0.39, 0.29) is 17.9 Å². The lowest BCUT2D eigenvalue weighted by atomic mass is 10.1. The fraction of sp³-hybridized carbons (Fsp3) is 0.0909. The van der Waals surface area contributed by atoms with Gasteiger partial charge in [-0.1, -0.05) is 18.2 Å². The summed E-state index contributed by atoms with van der Waals surface area (Å²) in [4.78, 5) is 30.4. The van der Waals surface area contributed by atoms with Gasteiger partial charge in [0, 0.05) is 23.6 Å². The van der Waals surface area contributed by atoms with Gasteiger partial charge in [0.2, 0.25) is 5.91 Å². The van der Waals surface area contributed by atoms with Gasteiger partial charge in [0.25, 0.3) is 5.91 Å². The molecular weight excluding hydrogens is 431 g/mol. The molecule has 1 atom stereocenters. The number of carbonyl (C=O) groups excluding carboxylic acids is 2. The van der Waals surface area contributed by atoms with E-state index in [4.69, 9.17) is 5.73 Å². The van der Waals surface area contributed by atoms with Crippen molar-refractivity contribution in [1.82, 2.24) is 9.38 Å². The molecule has 2 aromatic heterocycles. The van der Waals surface area contributed by atoms with Crippen LogP contribution in [-0.4, -0.2) is 33.0 Å². The molecule has 0 saturated heterocycles. The van der Waals surface area contributed by atoms with Gasteiger partial charge >= 0.3 is 0 Å². The molecule has 2 amide bonds. The van der Waals surface area contributed by atoms with Crippen molar-refractivity contribution in [3.8, 4) is 11.3 Å². The van der Waals surface area contributed by atoms with Crippen molar-refractivity contribution in [1.29, 1.82) is 0 Å². The van der Waals surface area contributed by atoms with Crippen LogP contribution >= 0.6 is 11.3 Å². The Morgan fingerprint density at radius 1 is 1.12 bits per heavy atom. The van der Waals surface area contributed by atoms with Crippen LogP contribution in [0.1, 0.15) is 6.42 Å². The van der Waals surface area contributed by atoms with Gasteiger partial charge in [-0.15, -0.1) is 11.3 Å². The number of anilines is 2. The summed E-state index contributed by atoms with van der Waals surface area (Å²) in [6, 6.07) is 14.2. The minimum Gasteiger partial charge on any atom is -0.368 e. The summed E-state index contributed by atoms with van der Waals surface area (Å²) in [5.41, 5.74) is 7.57. The Balaban J connectivity index is 1.49. The summed E-state index contributed by atoms with van der Waals surface area (Å²) < 4.78 is 15.1. The topological polar surface area (TPSA) is 105 Å². The summed E-state index contributed by atoms with van der Waals surface area (Å²) >= 11 is 1.41. The minimum atomic E-state index is -0.763. The van der Waals surface area contributed by atoms with Gasteiger partial charge in [0.1, 0.15) is 29.1 Å². The average molecular weight is 448 g/mol. The molecule has 8 nitrogen and oxygen atoms in total. The van der Waals surface area contributed by atoms with Crippen LogP contribution in [0.5, 0.6) is 0 Å². The van der Waals surface area contributed by atoms with Crippen LogP contribution in [0, 0.1) is 5.82 Å². The number of para-hydroxylation sites is 1. The van der Waals surface area contributed by atoms with E-state index >= 15 is 0 Å². The number of primary amides is 1. The molecule has 10 heteroatoms. The summed E-state index contributed by atoms with van der Waals surface area (Å²) in [7, 11) is 0. The highest BCUT2D eigenvalue weighted by Gasteiger charge is 2.35. The number of carbonyl (C=O) groups is 2. The number of benzene rings is 2. The first-order valence-corrected chi connectivity index (χ1v) is 10.6. The van der Waals surface area contributed by atoms with Crippen LogP contribution in [0.3, 0.4) is 0 Å². The number of hydrogen-bond acceptors (Lipinski definition) is 6. The van der Waals surface area contributed by atoms with Crippen LogP contribution in [0.25, 0.3) is 16.2 Å². The first-order valence-electron chi connectivity index (χ1n) is 9.75. The number of fused-ring (bicyclic) bond motifs is 1. The molecule has 1 aliphatic rings. The van der Waals surface area contributed by atoms with Crippen LogP contribution in [-0.2, 0) is 9.59 Å². The molecule has 0 spiro atoms. The number of aromatic nitrogens is 2. The van der Waals surface area contributed by atoms with E-state index in [1.165, 1.54) is 28.5 Å². The first kappa shape index (κ1) is 19.9. The average Bonchev–Trinajstić information content (AvgIpc) is 3.51. The van der Waals surface area contributed by atoms with Crippen molar-refractivity contribution in [3.63, 3.8) is 0 Å². The summed E-state index contributed by atoms with van der Waals surface area (Å²) in [5, 5.41) is 10.6. The van der Waals surface area contributed by atoms with E-state index < -0.39 is 17.9 Å². The van der Waals surface area contributed by atoms with E-state index in [2.05, 4.69) is 15.4 Å². The van der Waals surface area contributed by atoms with E-state index in [1.807, 2.05) is 23.6 Å². The second-order valence-electron chi connectivity index (χ2n) is 7.17. The van der Waals surface area contributed by atoms with Gasteiger partial charge < -0.3 is 11.1 Å². The molecule has 0 saturated carbocycles. The quantitative estimate of drug-likeness (QED) is 0.489. The number of nitrogens with zero attached hydrogens (tertiary/aromatic N) is 4. The molecule has 5 rings (SSSR count). The lowest BCUT2D eigenvalue weighted by Gasteiger charge is -2.20.